The molecule has 0 saturated carbocycles. The minimum absolute atomic E-state index is 0.0878. The van der Waals surface area contributed by atoms with Crippen molar-refractivity contribution in [3.05, 3.63) is 154 Å². The Morgan fingerprint density at radius 2 is 0.703 bits per heavy atom. The maximum absolute atomic E-state index is 15.2. The number of fused-ring (bicyclic) bond motifs is 8. The van der Waals surface area contributed by atoms with Gasteiger partial charge in [0.15, 0.2) is 0 Å². The van der Waals surface area contributed by atoms with Crippen LogP contribution in [-0.4, -0.2) is 48.2 Å². The van der Waals surface area contributed by atoms with Gasteiger partial charge in [-0.25, -0.2) is 0 Å². The Kier molecular flexibility index (Phi) is 8.61. The first-order valence-corrected chi connectivity index (χ1v) is 22.2. The topological polar surface area (TPSA) is 84.6 Å². The largest absolute Gasteiger partial charge is 0.308 e. The molecule has 0 aliphatic carbocycles. The Bertz CT molecular complexity index is 3340. The third-order valence-electron chi connectivity index (χ3n) is 13.6. The molecule has 2 aromatic heterocycles. The molecule has 0 atom stereocenters. The van der Waals surface area contributed by atoms with E-state index in [9.17, 15) is 9.59 Å². The molecule has 0 saturated heterocycles. The van der Waals surface area contributed by atoms with Crippen LogP contribution in [0.25, 0.3) is 55.0 Å². The monoisotopic (exact) mass is 846 g/mol. The van der Waals surface area contributed by atoms with Gasteiger partial charge >= 0.3 is 0 Å². The molecule has 4 heterocycles. The normalized spacial score (nSPS) is 14.9. The Balaban J connectivity index is 1.10. The van der Waals surface area contributed by atoms with E-state index in [1.165, 1.54) is 16.7 Å². The number of benzene rings is 6. The van der Waals surface area contributed by atoms with Gasteiger partial charge in [0.25, 0.3) is 23.6 Å². The average molecular weight is 847 g/mol. The minimum Gasteiger partial charge on any atom is -0.308 e. The van der Waals surface area contributed by atoms with Gasteiger partial charge < -0.3 is 9.13 Å². The lowest BCUT2D eigenvalue weighted by Crippen LogP contribution is -2.60. The number of carbonyl (C=O) groups excluding carboxylic acids is 4. The van der Waals surface area contributed by atoms with E-state index in [-0.39, 0.29) is 38.5 Å². The van der Waals surface area contributed by atoms with Crippen LogP contribution in [0.4, 0.5) is 0 Å². The van der Waals surface area contributed by atoms with Crippen LogP contribution < -0.4 is 0 Å². The molecule has 0 N–H and O–H groups in total. The van der Waals surface area contributed by atoms with E-state index < -0.39 is 29.3 Å². The van der Waals surface area contributed by atoms with Crippen molar-refractivity contribution in [2.75, 3.05) is 0 Å². The van der Waals surface area contributed by atoms with E-state index in [0.717, 1.165) is 59.0 Å². The molecule has 8 nitrogen and oxygen atoms in total. The zero-order chi connectivity index (χ0) is 45.7. The average Bonchev–Trinajstić information content (AvgIpc) is 3.90. The summed E-state index contributed by atoms with van der Waals surface area (Å²) in [6.07, 6.45) is 0. The standard InChI is InChI=1S/C56H54N4O4/c1-31-19-23-41-37(27-31)38-28-32(53(2,3)4)20-24-42(38)57(41)45-17-13-15-35-47(45)51(63)59(49(35)61)56(11,12)60-50(62)36-16-14-18-46(48(36)52(60)64)58-43-25-21-33(54(5,6)7)29-39(43)40-30-34(55(8,9)10)22-26-44(40)58/h13-30H,1-12H3. The van der Waals surface area contributed by atoms with Gasteiger partial charge in [0.05, 0.1) is 55.7 Å². The van der Waals surface area contributed by atoms with Crippen molar-refractivity contribution in [2.45, 2.75) is 105 Å². The number of carbonyl (C=O) groups is 4. The number of amides is 4. The predicted octanol–water partition coefficient (Wildman–Crippen LogP) is 12.7. The van der Waals surface area contributed by atoms with Crippen molar-refractivity contribution in [3.63, 3.8) is 0 Å². The fourth-order valence-corrected chi connectivity index (χ4v) is 10.1. The highest BCUT2D eigenvalue weighted by Gasteiger charge is 2.54. The van der Waals surface area contributed by atoms with Crippen LogP contribution in [0.2, 0.25) is 0 Å². The lowest BCUT2D eigenvalue weighted by molar-refractivity contribution is 0.00433. The van der Waals surface area contributed by atoms with Gasteiger partial charge in [-0.05, 0) is 127 Å². The second kappa shape index (κ2) is 13.4. The highest BCUT2D eigenvalue weighted by molar-refractivity contribution is 6.27. The molecule has 4 amide bonds. The molecule has 0 spiro atoms. The first kappa shape index (κ1) is 41.2. The summed E-state index contributed by atoms with van der Waals surface area (Å²) >= 11 is 0. The second-order valence-corrected chi connectivity index (χ2v) is 21.4. The summed E-state index contributed by atoms with van der Waals surface area (Å²) in [5.74, 6) is -2.28. The van der Waals surface area contributed by atoms with Gasteiger partial charge in [0.1, 0.15) is 5.66 Å². The number of nitrogens with zero attached hydrogens (tertiary/aromatic N) is 4. The third kappa shape index (κ3) is 5.80. The van der Waals surface area contributed by atoms with E-state index in [1.54, 1.807) is 38.1 Å². The van der Waals surface area contributed by atoms with Crippen LogP contribution in [0.1, 0.15) is 140 Å². The number of aryl methyl sites for hydroxylation is 1. The van der Waals surface area contributed by atoms with E-state index in [4.69, 9.17) is 0 Å². The van der Waals surface area contributed by atoms with Crippen LogP contribution in [0.15, 0.2) is 109 Å². The molecular formula is C56H54N4O4. The molecule has 2 aliphatic heterocycles. The smallest absolute Gasteiger partial charge is 0.265 e. The molecule has 8 heteroatoms. The molecule has 8 aromatic rings. The predicted molar refractivity (Wildman–Crippen MR) is 257 cm³/mol. The van der Waals surface area contributed by atoms with E-state index in [0.29, 0.717) is 11.4 Å². The first-order valence-electron chi connectivity index (χ1n) is 22.2. The van der Waals surface area contributed by atoms with E-state index >= 15 is 9.59 Å². The summed E-state index contributed by atoms with van der Waals surface area (Å²) in [6, 6.07) is 36.3. The summed E-state index contributed by atoms with van der Waals surface area (Å²) in [5.41, 5.74) is 8.30. The van der Waals surface area contributed by atoms with Crippen LogP contribution in [0, 0.1) is 6.92 Å². The SMILES string of the molecule is Cc1ccc2c(c1)c1cc(C(C)(C)C)ccc1n2-c1cccc2c1C(=O)N(C(C)(C)N1C(=O)c3cccc(-n4c5ccc(C(C)(C)C)cc5c5cc(C(C)(C)C)ccc54)c3C1=O)C2=O. The molecule has 0 bridgehead atoms. The molecule has 6 aromatic carbocycles. The van der Waals surface area contributed by atoms with Gasteiger partial charge in [-0.3, -0.25) is 29.0 Å². The zero-order valence-corrected chi connectivity index (χ0v) is 38.8. The van der Waals surface area contributed by atoms with E-state index in [2.05, 4.69) is 151 Å². The Labute approximate surface area is 374 Å². The van der Waals surface area contributed by atoms with Crippen molar-refractivity contribution in [3.8, 4) is 11.4 Å². The lowest BCUT2D eigenvalue weighted by atomic mass is 9.85. The van der Waals surface area contributed by atoms with Crippen LogP contribution in [0.5, 0.6) is 0 Å². The Morgan fingerprint density at radius 3 is 1.05 bits per heavy atom. The summed E-state index contributed by atoms with van der Waals surface area (Å²) in [5, 5.41) is 4.19. The van der Waals surface area contributed by atoms with Crippen LogP contribution in [0.3, 0.4) is 0 Å². The quantitative estimate of drug-likeness (QED) is 0.165. The Hall–Kier alpha value is -6.80. The molecule has 322 valence electrons. The number of imide groups is 2. The second-order valence-electron chi connectivity index (χ2n) is 21.4. The summed E-state index contributed by atoms with van der Waals surface area (Å²) < 4.78 is 4.14. The third-order valence-corrected chi connectivity index (χ3v) is 13.6. The number of hydrogen-bond acceptors (Lipinski definition) is 4. The van der Waals surface area contributed by atoms with Gasteiger partial charge in [0, 0.05) is 21.5 Å². The number of aromatic nitrogens is 2. The lowest BCUT2D eigenvalue weighted by Gasteiger charge is -2.40. The first-order chi connectivity index (χ1) is 30.0. The van der Waals surface area contributed by atoms with Crippen molar-refractivity contribution < 1.29 is 19.2 Å². The maximum atomic E-state index is 15.2. The Morgan fingerprint density at radius 1 is 0.375 bits per heavy atom. The summed E-state index contributed by atoms with van der Waals surface area (Å²) in [6.45, 7) is 25.0. The highest BCUT2D eigenvalue weighted by atomic mass is 16.2. The summed E-state index contributed by atoms with van der Waals surface area (Å²) in [4.78, 5) is 62.0. The fourth-order valence-electron chi connectivity index (χ4n) is 10.1. The molecule has 64 heavy (non-hydrogen) atoms. The molecule has 0 radical (unpaired) electrons. The molecular weight excluding hydrogens is 793 g/mol. The molecule has 0 fully saturated rings. The van der Waals surface area contributed by atoms with Gasteiger partial charge in [-0.1, -0.05) is 104 Å². The van der Waals surface area contributed by atoms with Gasteiger partial charge in [-0.15, -0.1) is 0 Å². The van der Waals surface area contributed by atoms with Crippen LogP contribution in [-0.2, 0) is 16.2 Å². The zero-order valence-electron chi connectivity index (χ0n) is 38.8. The number of rotatable bonds is 4. The van der Waals surface area contributed by atoms with E-state index in [1.807, 2.05) is 12.1 Å². The molecule has 0 unspecified atom stereocenters. The van der Waals surface area contributed by atoms with Crippen molar-refractivity contribution in [2.24, 2.45) is 0 Å². The number of hydrogen-bond donors (Lipinski definition) is 0. The fraction of sp³-hybridized carbons (Fsp3) is 0.286. The van der Waals surface area contributed by atoms with Crippen molar-refractivity contribution >= 4 is 67.2 Å². The molecule has 10 rings (SSSR count). The van der Waals surface area contributed by atoms with Gasteiger partial charge in [0.2, 0.25) is 0 Å². The van der Waals surface area contributed by atoms with Crippen molar-refractivity contribution in [1.29, 1.82) is 0 Å². The highest BCUT2D eigenvalue weighted by Crippen LogP contribution is 2.44. The minimum atomic E-state index is -1.70. The summed E-state index contributed by atoms with van der Waals surface area (Å²) in [7, 11) is 0. The molecule has 2 aliphatic rings. The van der Waals surface area contributed by atoms with Crippen molar-refractivity contribution in [1.82, 2.24) is 18.9 Å². The van der Waals surface area contributed by atoms with Gasteiger partial charge in [-0.2, -0.15) is 0 Å². The maximum Gasteiger partial charge on any atom is 0.265 e. The van der Waals surface area contributed by atoms with Crippen LogP contribution >= 0.6 is 0 Å².